The van der Waals surface area contributed by atoms with Crippen molar-refractivity contribution in [2.75, 3.05) is 25.5 Å². The van der Waals surface area contributed by atoms with Gasteiger partial charge in [0.25, 0.3) is 0 Å². The third kappa shape index (κ3) is 7.71. The van der Waals surface area contributed by atoms with Crippen LogP contribution >= 0.6 is 35.6 Å². The molecule has 2 rings (SSSR count). The maximum Gasteiger partial charge on any atom is 0.221 e. The summed E-state index contributed by atoms with van der Waals surface area (Å²) in [5, 5.41) is 6.85. The van der Waals surface area contributed by atoms with E-state index in [0.29, 0.717) is 6.54 Å². The summed E-state index contributed by atoms with van der Waals surface area (Å²) < 4.78 is 2.03. The lowest BCUT2D eigenvalue weighted by Crippen LogP contribution is -2.39. The number of hydrogen-bond donors (Lipinski definition) is 2. The number of halogens is 2. The van der Waals surface area contributed by atoms with Crippen LogP contribution in [0, 0.1) is 0 Å². The number of guanidine groups is 1. The van der Waals surface area contributed by atoms with Gasteiger partial charge in [-0.2, -0.15) is 0 Å². The van der Waals surface area contributed by atoms with Gasteiger partial charge in [0.1, 0.15) is 0 Å². The Morgan fingerprint density at radius 1 is 1.29 bits per heavy atom. The fraction of sp³-hybridized carbons (Fsp3) is 0.400. The van der Waals surface area contributed by atoms with E-state index < -0.39 is 0 Å². The van der Waals surface area contributed by atoms with Crippen LogP contribution in [0.1, 0.15) is 25.1 Å². The summed E-state index contributed by atoms with van der Waals surface area (Å²) in [6.45, 7) is 5.78. The van der Waals surface area contributed by atoms with Crippen molar-refractivity contribution >= 4 is 53.1 Å². The van der Waals surface area contributed by atoms with Crippen molar-refractivity contribution in [3.8, 4) is 0 Å². The van der Waals surface area contributed by atoms with Gasteiger partial charge >= 0.3 is 0 Å². The molecule has 1 aromatic carbocycles. The van der Waals surface area contributed by atoms with Crippen LogP contribution in [0.4, 0.5) is 5.69 Å². The second-order valence-corrected chi connectivity index (χ2v) is 6.92. The number of amides is 1. The van der Waals surface area contributed by atoms with E-state index in [-0.39, 0.29) is 29.9 Å². The van der Waals surface area contributed by atoms with Gasteiger partial charge in [0.2, 0.25) is 5.91 Å². The molecule has 1 heterocycles. The number of anilines is 1. The maximum absolute atomic E-state index is 11.1. The van der Waals surface area contributed by atoms with Gasteiger partial charge in [0.15, 0.2) is 5.96 Å². The Labute approximate surface area is 189 Å². The Hall–Kier alpha value is -1.74. The Morgan fingerprint density at radius 2 is 1.96 bits per heavy atom. The summed E-state index contributed by atoms with van der Waals surface area (Å²) in [4.78, 5) is 17.9. The van der Waals surface area contributed by atoms with Crippen LogP contribution in [0.25, 0.3) is 0 Å². The molecule has 0 saturated carbocycles. The molecule has 0 spiro atoms. The summed E-state index contributed by atoms with van der Waals surface area (Å²) in [6.07, 6.45) is 2.73. The van der Waals surface area contributed by atoms with Gasteiger partial charge in [-0.3, -0.25) is 9.79 Å². The van der Waals surface area contributed by atoms with Gasteiger partial charge in [-0.1, -0.05) is 23.7 Å². The molecule has 0 fully saturated rings. The number of aromatic nitrogens is 1. The first-order valence-corrected chi connectivity index (χ1v) is 9.43. The first-order valence-electron chi connectivity index (χ1n) is 9.05. The molecule has 0 atom stereocenters. The second-order valence-electron chi connectivity index (χ2n) is 6.48. The van der Waals surface area contributed by atoms with Gasteiger partial charge in [-0.05, 0) is 37.1 Å². The number of nitrogens with one attached hydrogen (secondary N) is 2. The summed E-state index contributed by atoms with van der Waals surface area (Å²) in [5.74, 6) is 0.801. The van der Waals surface area contributed by atoms with E-state index in [2.05, 4.69) is 22.5 Å². The van der Waals surface area contributed by atoms with Gasteiger partial charge in [-0.25, -0.2) is 0 Å². The molecular formula is C20H29ClIN5O. The minimum absolute atomic E-state index is 0. The number of aryl methyl sites for hydroxylation is 1. The average Bonchev–Trinajstić information content (AvgIpc) is 2.92. The minimum atomic E-state index is -0.0646. The molecule has 1 amide bonds. The van der Waals surface area contributed by atoms with Crippen LogP contribution in [-0.2, 0) is 24.8 Å². The molecule has 0 aliphatic carbocycles. The molecule has 154 valence electrons. The number of aliphatic imine (C=N–C) groups is 1. The van der Waals surface area contributed by atoms with Crippen LogP contribution in [0.2, 0.25) is 5.02 Å². The predicted octanol–water partition coefficient (Wildman–Crippen LogP) is 3.89. The van der Waals surface area contributed by atoms with Gasteiger partial charge in [-0.15, -0.1) is 24.0 Å². The van der Waals surface area contributed by atoms with Crippen molar-refractivity contribution in [1.82, 2.24) is 14.8 Å². The molecule has 8 heteroatoms. The van der Waals surface area contributed by atoms with Crippen molar-refractivity contribution in [2.45, 2.75) is 26.8 Å². The SMILES string of the molecule is CCNC(=NCCc1ccc(NC(C)=O)cc1)N(C)Cc1cc(Cl)cn1C.I. The first kappa shape index (κ1) is 24.3. The molecule has 6 nitrogen and oxygen atoms in total. The van der Waals surface area contributed by atoms with E-state index in [1.54, 1.807) is 0 Å². The monoisotopic (exact) mass is 517 g/mol. The van der Waals surface area contributed by atoms with E-state index in [1.807, 2.05) is 55.2 Å². The minimum Gasteiger partial charge on any atom is -0.357 e. The van der Waals surface area contributed by atoms with E-state index in [9.17, 15) is 4.79 Å². The van der Waals surface area contributed by atoms with Crippen molar-refractivity contribution in [2.24, 2.45) is 12.0 Å². The zero-order valence-corrected chi connectivity index (χ0v) is 19.9. The van der Waals surface area contributed by atoms with E-state index in [4.69, 9.17) is 16.6 Å². The fourth-order valence-electron chi connectivity index (χ4n) is 2.76. The molecular weight excluding hydrogens is 489 g/mol. The number of carbonyl (C=O) groups excluding carboxylic acids is 1. The maximum atomic E-state index is 11.1. The smallest absolute Gasteiger partial charge is 0.221 e. The van der Waals surface area contributed by atoms with Crippen LogP contribution in [0.5, 0.6) is 0 Å². The van der Waals surface area contributed by atoms with Gasteiger partial charge in [0, 0.05) is 51.7 Å². The second kappa shape index (κ2) is 12.0. The number of hydrogen-bond acceptors (Lipinski definition) is 2. The lowest BCUT2D eigenvalue weighted by Gasteiger charge is -2.22. The van der Waals surface area contributed by atoms with E-state index in [0.717, 1.165) is 41.9 Å². The summed E-state index contributed by atoms with van der Waals surface area (Å²) in [5.41, 5.74) is 3.12. The normalized spacial score (nSPS) is 11.0. The van der Waals surface area contributed by atoms with Crippen LogP contribution in [0.15, 0.2) is 41.5 Å². The molecule has 0 radical (unpaired) electrons. The molecule has 0 saturated heterocycles. The zero-order chi connectivity index (χ0) is 19.8. The Balaban J connectivity index is 0.00000392. The fourth-order valence-corrected chi connectivity index (χ4v) is 3.03. The lowest BCUT2D eigenvalue weighted by molar-refractivity contribution is -0.114. The molecule has 28 heavy (non-hydrogen) atoms. The standard InChI is InChI=1S/C20H28ClN5O.HI/c1-5-22-20(26(4)14-19-12-17(21)13-25(19)3)23-11-10-16-6-8-18(9-7-16)24-15(2)27;/h6-9,12-13H,5,10-11,14H2,1-4H3,(H,22,23)(H,24,27);1H. The number of rotatable bonds is 7. The van der Waals surface area contributed by atoms with Gasteiger partial charge in [0.05, 0.1) is 11.6 Å². The third-order valence-corrected chi connectivity index (χ3v) is 4.31. The molecule has 0 aliphatic heterocycles. The highest BCUT2D eigenvalue weighted by Crippen LogP contribution is 2.14. The van der Waals surface area contributed by atoms with Crippen molar-refractivity contribution < 1.29 is 4.79 Å². The highest BCUT2D eigenvalue weighted by Gasteiger charge is 2.09. The number of nitrogens with zero attached hydrogens (tertiary/aromatic N) is 3. The highest BCUT2D eigenvalue weighted by molar-refractivity contribution is 14.0. The number of carbonyl (C=O) groups is 1. The number of benzene rings is 1. The summed E-state index contributed by atoms with van der Waals surface area (Å²) in [6, 6.07) is 9.83. The lowest BCUT2D eigenvalue weighted by atomic mass is 10.1. The topological polar surface area (TPSA) is 61.7 Å². The largest absolute Gasteiger partial charge is 0.357 e. The van der Waals surface area contributed by atoms with Gasteiger partial charge < -0.3 is 20.1 Å². The average molecular weight is 518 g/mol. The summed E-state index contributed by atoms with van der Waals surface area (Å²) in [7, 11) is 4.01. The van der Waals surface area contributed by atoms with Crippen LogP contribution in [-0.4, -0.2) is 41.5 Å². The molecule has 0 unspecified atom stereocenters. The third-order valence-electron chi connectivity index (χ3n) is 4.11. The quantitative estimate of drug-likeness (QED) is 0.333. The van der Waals surface area contributed by atoms with E-state index >= 15 is 0 Å². The predicted molar refractivity (Wildman–Crippen MR) is 128 cm³/mol. The Morgan fingerprint density at radius 3 is 2.50 bits per heavy atom. The van der Waals surface area contributed by atoms with Crippen molar-refractivity contribution in [3.05, 3.63) is 52.8 Å². The molecule has 2 aromatic rings. The molecule has 2 N–H and O–H groups in total. The molecule has 1 aromatic heterocycles. The zero-order valence-electron chi connectivity index (χ0n) is 16.8. The van der Waals surface area contributed by atoms with Crippen molar-refractivity contribution in [3.63, 3.8) is 0 Å². The molecule has 0 aliphatic rings. The van der Waals surface area contributed by atoms with Crippen molar-refractivity contribution in [1.29, 1.82) is 0 Å². The van der Waals surface area contributed by atoms with Crippen LogP contribution in [0.3, 0.4) is 0 Å². The highest BCUT2D eigenvalue weighted by atomic mass is 127. The molecule has 0 bridgehead atoms. The Bertz CT molecular complexity index is 788. The van der Waals surface area contributed by atoms with E-state index in [1.165, 1.54) is 12.5 Å². The van der Waals surface area contributed by atoms with Crippen LogP contribution < -0.4 is 10.6 Å². The first-order chi connectivity index (χ1) is 12.9. The summed E-state index contributed by atoms with van der Waals surface area (Å²) >= 11 is 6.07. The Kier molecular flexibility index (Phi) is 10.4.